The maximum Gasteiger partial charge on any atom is 0.306 e. The van der Waals surface area contributed by atoms with Gasteiger partial charge in [-0.05, 0) is 31.6 Å². The van der Waals surface area contributed by atoms with Crippen LogP contribution < -0.4 is 11.1 Å². The second kappa shape index (κ2) is 5.80. The molecule has 0 amide bonds. The lowest BCUT2D eigenvalue weighted by atomic mass is 9.82. The van der Waals surface area contributed by atoms with Crippen molar-refractivity contribution in [2.45, 2.75) is 25.7 Å². The number of fused-ring (bicyclic) bond motifs is 1. The fourth-order valence-corrected chi connectivity index (χ4v) is 3.38. The Bertz CT molecular complexity index is 651. The molecule has 0 aliphatic heterocycles. The first-order valence-corrected chi connectivity index (χ1v) is 7.85. The molecule has 0 saturated heterocycles. The number of carbonyl (C=O) groups is 1. The van der Waals surface area contributed by atoms with Crippen LogP contribution in [0.3, 0.4) is 0 Å². The van der Waals surface area contributed by atoms with Crippen molar-refractivity contribution in [1.82, 2.24) is 15.0 Å². The first-order chi connectivity index (χ1) is 10.1. The van der Waals surface area contributed by atoms with E-state index in [9.17, 15) is 4.79 Å². The van der Waals surface area contributed by atoms with Crippen molar-refractivity contribution in [3.63, 3.8) is 0 Å². The van der Waals surface area contributed by atoms with Crippen LogP contribution in [-0.4, -0.2) is 32.6 Å². The molecule has 4 N–H and O–H groups in total. The van der Waals surface area contributed by atoms with Crippen LogP contribution in [0.2, 0.25) is 0 Å². The third-order valence-electron chi connectivity index (χ3n) is 3.97. The van der Waals surface area contributed by atoms with E-state index in [1.54, 1.807) is 5.51 Å². The van der Waals surface area contributed by atoms with Gasteiger partial charge in [-0.1, -0.05) is 0 Å². The minimum absolute atomic E-state index is 0.179. The predicted molar refractivity (Wildman–Crippen MR) is 81.2 cm³/mol. The SMILES string of the molecule is Nc1nc(NCC2CCC(C(=O)O)CC2)nc2scnc12. The molecule has 1 saturated carbocycles. The Morgan fingerprint density at radius 2 is 2.14 bits per heavy atom. The number of nitrogens with two attached hydrogens (primary N) is 1. The monoisotopic (exact) mass is 307 g/mol. The summed E-state index contributed by atoms with van der Waals surface area (Å²) in [4.78, 5) is 24.4. The first kappa shape index (κ1) is 14.0. The summed E-state index contributed by atoms with van der Waals surface area (Å²) in [7, 11) is 0. The Kier molecular flexibility index (Phi) is 3.87. The van der Waals surface area contributed by atoms with Crippen molar-refractivity contribution in [2.24, 2.45) is 11.8 Å². The maximum atomic E-state index is 10.9. The van der Waals surface area contributed by atoms with Crippen molar-refractivity contribution in [3.05, 3.63) is 5.51 Å². The van der Waals surface area contributed by atoms with Gasteiger partial charge in [-0.3, -0.25) is 4.79 Å². The number of carboxylic acid groups (broad SMARTS) is 1. The van der Waals surface area contributed by atoms with Gasteiger partial charge >= 0.3 is 5.97 Å². The topological polar surface area (TPSA) is 114 Å². The van der Waals surface area contributed by atoms with Crippen molar-refractivity contribution in [2.75, 3.05) is 17.6 Å². The van der Waals surface area contributed by atoms with Crippen molar-refractivity contribution < 1.29 is 9.90 Å². The fraction of sp³-hybridized carbons (Fsp3) is 0.538. The zero-order valence-electron chi connectivity index (χ0n) is 11.5. The van der Waals surface area contributed by atoms with E-state index < -0.39 is 5.97 Å². The van der Waals surface area contributed by atoms with E-state index in [2.05, 4.69) is 20.3 Å². The van der Waals surface area contributed by atoms with Gasteiger partial charge in [-0.15, -0.1) is 11.3 Å². The minimum Gasteiger partial charge on any atom is -0.481 e. The number of nitrogen functional groups attached to an aromatic ring is 1. The average Bonchev–Trinajstić information content (AvgIpc) is 2.94. The number of hydrogen-bond acceptors (Lipinski definition) is 7. The van der Waals surface area contributed by atoms with Crippen LogP contribution in [0.5, 0.6) is 0 Å². The first-order valence-electron chi connectivity index (χ1n) is 6.97. The summed E-state index contributed by atoms with van der Waals surface area (Å²) in [5.41, 5.74) is 8.20. The molecule has 0 spiro atoms. The molecular weight excluding hydrogens is 290 g/mol. The molecule has 3 rings (SSSR count). The molecule has 2 aromatic rings. The largest absolute Gasteiger partial charge is 0.481 e. The average molecular weight is 307 g/mol. The van der Waals surface area contributed by atoms with E-state index >= 15 is 0 Å². The van der Waals surface area contributed by atoms with Gasteiger partial charge in [-0.25, -0.2) is 9.97 Å². The quantitative estimate of drug-likeness (QED) is 0.791. The van der Waals surface area contributed by atoms with Gasteiger partial charge in [0.2, 0.25) is 5.95 Å². The number of hydrogen-bond donors (Lipinski definition) is 3. The van der Waals surface area contributed by atoms with Gasteiger partial charge in [0, 0.05) is 6.54 Å². The molecule has 7 nitrogen and oxygen atoms in total. The molecule has 0 aromatic carbocycles. The third-order valence-corrected chi connectivity index (χ3v) is 4.69. The number of nitrogens with one attached hydrogen (secondary N) is 1. The Morgan fingerprint density at radius 1 is 1.38 bits per heavy atom. The highest BCUT2D eigenvalue weighted by atomic mass is 32.1. The summed E-state index contributed by atoms with van der Waals surface area (Å²) in [5, 5.41) is 12.2. The fourth-order valence-electron chi connectivity index (χ4n) is 2.71. The lowest BCUT2D eigenvalue weighted by Gasteiger charge is -2.26. The summed E-state index contributed by atoms with van der Waals surface area (Å²) in [6.45, 7) is 0.746. The van der Waals surface area contributed by atoms with Crippen LogP contribution in [0.1, 0.15) is 25.7 Å². The number of anilines is 2. The molecule has 2 heterocycles. The molecule has 0 radical (unpaired) electrons. The highest BCUT2D eigenvalue weighted by Crippen LogP contribution is 2.29. The van der Waals surface area contributed by atoms with Crippen LogP contribution in [-0.2, 0) is 4.79 Å². The zero-order valence-corrected chi connectivity index (χ0v) is 12.3. The van der Waals surface area contributed by atoms with Gasteiger partial charge in [0.05, 0.1) is 11.4 Å². The lowest BCUT2D eigenvalue weighted by Crippen LogP contribution is -2.25. The molecule has 1 fully saturated rings. The van der Waals surface area contributed by atoms with E-state index in [0.717, 1.165) is 37.1 Å². The molecule has 0 atom stereocenters. The number of aliphatic carboxylic acids is 1. The highest BCUT2D eigenvalue weighted by Gasteiger charge is 2.25. The third kappa shape index (κ3) is 3.05. The zero-order chi connectivity index (χ0) is 14.8. The maximum absolute atomic E-state index is 10.9. The number of carboxylic acids is 1. The molecule has 8 heteroatoms. The molecular formula is C13H17N5O2S. The summed E-state index contributed by atoms with van der Waals surface area (Å²) in [6, 6.07) is 0. The van der Waals surface area contributed by atoms with E-state index in [1.807, 2.05) is 0 Å². The van der Waals surface area contributed by atoms with Gasteiger partial charge in [0.1, 0.15) is 5.52 Å². The van der Waals surface area contributed by atoms with E-state index in [-0.39, 0.29) is 5.92 Å². The number of thiazole rings is 1. The lowest BCUT2D eigenvalue weighted by molar-refractivity contribution is -0.143. The molecule has 21 heavy (non-hydrogen) atoms. The molecule has 1 aliphatic carbocycles. The van der Waals surface area contributed by atoms with Crippen molar-refractivity contribution >= 4 is 39.4 Å². The highest BCUT2D eigenvalue weighted by molar-refractivity contribution is 7.16. The van der Waals surface area contributed by atoms with Gasteiger partial charge in [-0.2, -0.15) is 4.98 Å². The van der Waals surface area contributed by atoms with Gasteiger partial charge in [0.15, 0.2) is 10.6 Å². The Balaban J connectivity index is 1.58. The Labute approximate surface area is 125 Å². The van der Waals surface area contributed by atoms with Crippen LogP contribution in [0.15, 0.2) is 5.51 Å². The number of nitrogens with zero attached hydrogens (tertiary/aromatic N) is 3. The summed E-state index contributed by atoms with van der Waals surface area (Å²) in [5.74, 6) is 0.514. The van der Waals surface area contributed by atoms with Gasteiger partial charge < -0.3 is 16.2 Å². The normalized spacial score (nSPS) is 22.3. The second-order valence-corrected chi connectivity index (χ2v) is 6.21. The minimum atomic E-state index is -0.673. The van der Waals surface area contributed by atoms with Crippen LogP contribution in [0.25, 0.3) is 10.3 Å². The molecule has 112 valence electrons. The summed E-state index contributed by atoms with van der Waals surface area (Å²) >= 11 is 1.43. The summed E-state index contributed by atoms with van der Waals surface area (Å²) < 4.78 is 0. The molecule has 0 bridgehead atoms. The predicted octanol–water partition coefficient (Wildman–Crippen LogP) is 1.97. The van der Waals surface area contributed by atoms with Crippen LogP contribution in [0, 0.1) is 11.8 Å². The molecule has 2 aromatic heterocycles. The Hall–Kier alpha value is -1.96. The molecule has 1 aliphatic rings. The summed E-state index contributed by atoms with van der Waals surface area (Å²) in [6.07, 6.45) is 3.33. The number of aromatic nitrogens is 3. The van der Waals surface area contributed by atoms with E-state index in [4.69, 9.17) is 10.8 Å². The second-order valence-electron chi connectivity index (χ2n) is 5.38. The van der Waals surface area contributed by atoms with Crippen molar-refractivity contribution in [3.8, 4) is 0 Å². The van der Waals surface area contributed by atoms with E-state index in [1.165, 1.54) is 11.3 Å². The van der Waals surface area contributed by atoms with Crippen molar-refractivity contribution in [1.29, 1.82) is 0 Å². The standard InChI is InChI=1S/C13H17N5O2S/c14-10-9-11(21-6-16-9)18-13(17-10)15-5-7-1-3-8(4-2-7)12(19)20/h6-8H,1-5H2,(H,19,20)(H3,14,15,17,18). The van der Waals surface area contributed by atoms with Crippen LogP contribution in [0.4, 0.5) is 11.8 Å². The number of rotatable bonds is 4. The Morgan fingerprint density at radius 3 is 2.86 bits per heavy atom. The smallest absolute Gasteiger partial charge is 0.306 e. The van der Waals surface area contributed by atoms with Crippen LogP contribution >= 0.6 is 11.3 Å². The van der Waals surface area contributed by atoms with E-state index in [0.29, 0.717) is 23.2 Å². The van der Waals surface area contributed by atoms with Gasteiger partial charge in [0.25, 0.3) is 0 Å². The molecule has 0 unspecified atom stereocenters.